The first-order valence-electron chi connectivity index (χ1n) is 17.9. The van der Waals surface area contributed by atoms with Gasteiger partial charge in [-0.2, -0.15) is 10.2 Å². The molecule has 294 valence electrons. The van der Waals surface area contributed by atoms with Crippen LogP contribution in [0.1, 0.15) is 83.2 Å². The van der Waals surface area contributed by atoms with Crippen LogP contribution in [0.3, 0.4) is 0 Å². The Labute approximate surface area is 325 Å². The molecule has 0 unspecified atom stereocenters. The average molecular weight is 767 g/mol. The summed E-state index contributed by atoms with van der Waals surface area (Å²) >= 11 is 0. The highest BCUT2D eigenvalue weighted by molar-refractivity contribution is 5.92. The van der Waals surface area contributed by atoms with E-state index < -0.39 is 11.9 Å². The molecule has 0 bridgehead atoms. The van der Waals surface area contributed by atoms with Gasteiger partial charge in [0.1, 0.15) is 11.5 Å². The number of rotatable bonds is 21. The number of ether oxygens (including phenoxy) is 6. The standard InChI is InChI=1S/C42H46N4O10/c1-51-33-19-15-31(16-20-33)41(49)55-35-23-13-29(25-37(35)53-3)27-43-45-39(47)11-9-7-5-6-8-10-12-40(48)46-44-28-30-14-24-36(38(26-30)54-4)56-42(50)32-17-21-34(52-2)22-18-32/h13-28H,5-12H2,1-4H3,(H,45,47)(H,46,48)/b43-27+,44-28+. The van der Waals surface area contributed by atoms with E-state index in [0.717, 1.165) is 38.5 Å². The van der Waals surface area contributed by atoms with Gasteiger partial charge in [-0.15, -0.1) is 0 Å². The minimum atomic E-state index is -0.540. The fourth-order valence-electron chi connectivity index (χ4n) is 5.22. The van der Waals surface area contributed by atoms with Crippen molar-refractivity contribution < 1.29 is 47.6 Å². The second-order valence-corrected chi connectivity index (χ2v) is 12.3. The summed E-state index contributed by atoms with van der Waals surface area (Å²) < 4.78 is 32.0. The van der Waals surface area contributed by atoms with Crippen molar-refractivity contribution in [2.75, 3.05) is 28.4 Å². The number of nitrogens with zero attached hydrogens (tertiary/aromatic N) is 2. The summed E-state index contributed by atoms with van der Waals surface area (Å²) in [5, 5.41) is 8.06. The fraction of sp³-hybridized carbons (Fsp3) is 0.286. The van der Waals surface area contributed by atoms with Gasteiger partial charge in [-0.25, -0.2) is 20.4 Å². The van der Waals surface area contributed by atoms with Gasteiger partial charge in [-0.05, 0) is 109 Å². The third-order valence-electron chi connectivity index (χ3n) is 8.30. The molecule has 0 fully saturated rings. The average Bonchev–Trinajstić information content (AvgIpc) is 3.22. The number of unbranched alkanes of at least 4 members (excludes halogenated alkanes) is 5. The summed E-state index contributed by atoms with van der Waals surface area (Å²) in [7, 11) is 6.02. The maximum Gasteiger partial charge on any atom is 0.343 e. The van der Waals surface area contributed by atoms with Gasteiger partial charge >= 0.3 is 11.9 Å². The van der Waals surface area contributed by atoms with Crippen molar-refractivity contribution >= 4 is 36.2 Å². The molecule has 2 N–H and O–H groups in total. The number of esters is 2. The number of carbonyl (C=O) groups is 4. The number of carbonyl (C=O) groups excluding carboxylic acids is 4. The topological polar surface area (TPSA) is 172 Å². The maximum absolute atomic E-state index is 12.5. The van der Waals surface area contributed by atoms with E-state index in [1.807, 2.05) is 0 Å². The summed E-state index contributed by atoms with van der Waals surface area (Å²) in [5.41, 5.74) is 7.08. The highest BCUT2D eigenvalue weighted by Gasteiger charge is 2.15. The predicted octanol–water partition coefficient (Wildman–Crippen LogP) is 6.88. The van der Waals surface area contributed by atoms with Gasteiger partial charge in [-0.1, -0.05) is 25.7 Å². The third kappa shape index (κ3) is 13.6. The van der Waals surface area contributed by atoms with Crippen LogP contribution in [0.25, 0.3) is 0 Å². The lowest BCUT2D eigenvalue weighted by molar-refractivity contribution is -0.122. The zero-order chi connectivity index (χ0) is 40.1. The molecule has 0 aliphatic carbocycles. The van der Waals surface area contributed by atoms with Crippen LogP contribution in [0.5, 0.6) is 34.5 Å². The molecular weight excluding hydrogens is 720 g/mol. The van der Waals surface area contributed by atoms with Crippen molar-refractivity contribution in [1.29, 1.82) is 0 Å². The number of benzene rings is 4. The molecule has 0 spiro atoms. The second-order valence-electron chi connectivity index (χ2n) is 12.3. The number of amides is 2. The SMILES string of the molecule is COc1ccc(C(=O)Oc2ccc(/C=N/NC(=O)CCCCCCCCC(=O)N/N=C/c3ccc(OC(=O)c4ccc(OC)cc4)c(OC)c3)cc2OC)cc1. The Hall–Kier alpha value is -6.70. The third-order valence-corrected chi connectivity index (χ3v) is 8.30. The number of hydrazone groups is 2. The van der Waals surface area contributed by atoms with Crippen molar-refractivity contribution in [2.24, 2.45) is 10.2 Å². The molecule has 0 aliphatic rings. The lowest BCUT2D eigenvalue weighted by Crippen LogP contribution is -2.17. The molecule has 4 aromatic carbocycles. The zero-order valence-electron chi connectivity index (χ0n) is 31.9. The molecule has 0 saturated heterocycles. The summed E-state index contributed by atoms with van der Waals surface area (Å²) in [6.07, 6.45) is 8.72. The Morgan fingerprint density at radius 3 is 1.21 bits per heavy atom. The Bertz CT molecular complexity index is 1840. The summed E-state index contributed by atoms with van der Waals surface area (Å²) in [6.45, 7) is 0. The Kier molecular flexibility index (Phi) is 16.9. The molecule has 56 heavy (non-hydrogen) atoms. The highest BCUT2D eigenvalue weighted by atomic mass is 16.6. The molecule has 0 heterocycles. The van der Waals surface area contributed by atoms with Gasteiger partial charge in [0.05, 0.1) is 52.0 Å². The molecule has 2 amide bonds. The predicted molar refractivity (Wildman–Crippen MR) is 210 cm³/mol. The number of nitrogens with one attached hydrogen (secondary N) is 2. The summed E-state index contributed by atoms with van der Waals surface area (Å²) in [6, 6.07) is 23.0. The lowest BCUT2D eigenvalue weighted by atomic mass is 10.1. The molecule has 4 rings (SSSR count). The number of hydrogen-bond acceptors (Lipinski definition) is 12. The van der Waals surface area contributed by atoms with E-state index in [9.17, 15) is 19.2 Å². The van der Waals surface area contributed by atoms with Crippen LogP contribution in [-0.4, -0.2) is 64.6 Å². The molecule has 0 aliphatic heterocycles. The molecule has 14 heteroatoms. The zero-order valence-corrected chi connectivity index (χ0v) is 31.9. The van der Waals surface area contributed by atoms with Crippen LogP contribution < -0.4 is 39.3 Å². The van der Waals surface area contributed by atoms with Gasteiger partial charge in [0.15, 0.2) is 23.0 Å². The first-order chi connectivity index (χ1) is 27.2. The van der Waals surface area contributed by atoms with E-state index in [1.54, 1.807) is 99.1 Å². The van der Waals surface area contributed by atoms with Crippen molar-refractivity contribution in [3.8, 4) is 34.5 Å². The van der Waals surface area contributed by atoms with E-state index in [1.165, 1.54) is 26.6 Å². The monoisotopic (exact) mass is 766 g/mol. The van der Waals surface area contributed by atoms with Crippen molar-refractivity contribution in [1.82, 2.24) is 10.9 Å². The quantitative estimate of drug-likeness (QED) is 0.0299. The van der Waals surface area contributed by atoms with E-state index in [2.05, 4.69) is 21.1 Å². The lowest BCUT2D eigenvalue weighted by Gasteiger charge is -2.10. The largest absolute Gasteiger partial charge is 0.497 e. The summed E-state index contributed by atoms with van der Waals surface area (Å²) in [5.74, 6) is 0.957. The van der Waals surface area contributed by atoms with E-state index in [0.29, 0.717) is 58.1 Å². The maximum atomic E-state index is 12.5. The number of methoxy groups -OCH3 is 4. The van der Waals surface area contributed by atoms with Crippen LogP contribution in [-0.2, 0) is 9.59 Å². The van der Waals surface area contributed by atoms with Gasteiger partial charge in [-0.3, -0.25) is 9.59 Å². The molecule has 0 radical (unpaired) electrons. The van der Waals surface area contributed by atoms with E-state index in [-0.39, 0.29) is 23.3 Å². The van der Waals surface area contributed by atoms with Crippen LogP contribution in [0.15, 0.2) is 95.1 Å². The Morgan fingerprint density at radius 1 is 0.482 bits per heavy atom. The minimum absolute atomic E-state index is 0.196. The van der Waals surface area contributed by atoms with Crippen molar-refractivity contribution in [3.63, 3.8) is 0 Å². The number of hydrogen-bond donors (Lipinski definition) is 2. The molecule has 4 aromatic rings. The van der Waals surface area contributed by atoms with Crippen LogP contribution in [0.2, 0.25) is 0 Å². The van der Waals surface area contributed by atoms with Gasteiger partial charge < -0.3 is 28.4 Å². The van der Waals surface area contributed by atoms with Crippen LogP contribution in [0, 0.1) is 0 Å². The van der Waals surface area contributed by atoms with Gasteiger partial charge in [0, 0.05) is 12.8 Å². The smallest absolute Gasteiger partial charge is 0.343 e. The first-order valence-corrected chi connectivity index (χ1v) is 17.9. The van der Waals surface area contributed by atoms with Gasteiger partial charge in [0.2, 0.25) is 11.8 Å². The van der Waals surface area contributed by atoms with E-state index in [4.69, 9.17) is 28.4 Å². The summed E-state index contributed by atoms with van der Waals surface area (Å²) in [4.78, 5) is 49.6. The second kappa shape index (κ2) is 22.5. The van der Waals surface area contributed by atoms with E-state index >= 15 is 0 Å². The Balaban J connectivity index is 1.06. The van der Waals surface area contributed by atoms with Crippen LogP contribution >= 0.6 is 0 Å². The first kappa shape index (κ1) is 42.0. The minimum Gasteiger partial charge on any atom is -0.497 e. The normalized spacial score (nSPS) is 10.9. The van der Waals surface area contributed by atoms with Crippen molar-refractivity contribution in [2.45, 2.75) is 51.4 Å². The molecule has 0 aromatic heterocycles. The fourth-order valence-corrected chi connectivity index (χ4v) is 5.22. The van der Waals surface area contributed by atoms with Gasteiger partial charge in [0.25, 0.3) is 0 Å². The molecular formula is C42H46N4O10. The molecule has 0 saturated carbocycles. The molecule has 0 atom stereocenters. The van der Waals surface area contributed by atoms with Crippen molar-refractivity contribution in [3.05, 3.63) is 107 Å². The van der Waals surface area contributed by atoms with Crippen LogP contribution in [0.4, 0.5) is 0 Å². The molecule has 14 nitrogen and oxygen atoms in total. The highest BCUT2D eigenvalue weighted by Crippen LogP contribution is 2.30. The Morgan fingerprint density at radius 2 is 0.857 bits per heavy atom.